The van der Waals surface area contributed by atoms with Crippen molar-refractivity contribution >= 4 is 47.8 Å². The number of hydrogen-bond acceptors (Lipinski definition) is 2. The predicted molar refractivity (Wildman–Crippen MR) is 91.2 cm³/mol. The molecule has 108 valence electrons. The number of aryl methyl sites for hydroxylation is 2. The van der Waals surface area contributed by atoms with Crippen molar-refractivity contribution < 1.29 is 4.74 Å². The van der Waals surface area contributed by atoms with Crippen molar-refractivity contribution in [3.05, 3.63) is 43.0 Å². The van der Waals surface area contributed by atoms with Crippen molar-refractivity contribution in [1.82, 2.24) is 9.78 Å². The van der Waals surface area contributed by atoms with Crippen molar-refractivity contribution in [2.45, 2.75) is 33.4 Å². The fourth-order valence-electron chi connectivity index (χ4n) is 1.92. The molecule has 0 bridgehead atoms. The highest BCUT2D eigenvalue weighted by Gasteiger charge is 2.15. The summed E-state index contributed by atoms with van der Waals surface area (Å²) in [6.45, 7) is 5.48. The van der Waals surface area contributed by atoms with E-state index in [1.165, 1.54) is 0 Å². The van der Waals surface area contributed by atoms with Crippen LogP contribution in [0, 0.1) is 0 Å². The minimum Gasteiger partial charge on any atom is -0.485 e. The summed E-state index contributed by atoms with van der Waals surface area (Å²) in [6.07, 6.45) is 0.902. The zero-order chi connectivity index (χ0) is 14.7. The lowest BCUT2D eigenvalue weighted by molar-refractivity contribution is 0.288. The zero-order valence-electron chi connectivity index (χ0n) is 11.3. The van der Waals surface area contributed by atoms with Crippen LogP contribution in [-0.4, -0.2) is 9.78 Å². The molecule has 1 heterocycles. The molecule has 0 aliphatic rings. The highest BCUT2D eigenvalue weighted by molar-refractivity contribution is 9.11. The minimum atomic E-state index is 0.475. The molecule has 6 heteroatoms. The summed E-state index contributed by atoms with van der Waals surface area (Å²) in [4.78, 5) is 0. The topological polar surface area (TPSA) is 27.1 Å². The Morgan fingerprint density at radius 3 is 2.35 bits per heavy atom. The molecule has 2 aromatic rings. The Balaban J connectivity index is 2.25. The summed E-state index contributed by atoms with van der Waals surface area (Å²) in [5, 5.41) is 4.57. The Morgan fingerprint density at radius 2 is 1.80 bits per heavy atom. The number of para-hydroxylation sites is 1. The Hall–Kier alpha value is -0.330. The van der Waals surface area contributed by atoms with Gasteiger partial charge in [-0.1, -0.05) is 13.0 Å². The maximum atomic E-state index is 5.95. The van der Waals surface area contributed by atoms with Crippen LogP contribution in [0.15, 0.2) is 31.6 Å². The van der Waals surface area contributed by atoms with Gasteiger partial charge in [-0.25, -0.2) is 0 Å². The Kier molecular flexibility index (Phi) is 5.69. The first-order chi connectivity index (χ1) is 9.58. The number of hydrogen-bond donors (Lipinski definition) is 0. The van der Waals surface area contributed by atoms with Crippen molar-refractivity contribution in [1.29, 1.82) is 0 Å². The normalized spacial score (nSPS) is 10.8. The molecular formula is C14H15Br3N2O. The van der Waals surface area contributed by atoms with Crippen molar-refractivity contribution in [2.24, 2.45) is 0 Å². The van der Waals surface area contributed by atoms with Gasteiger partial charge < -0.3 is 4.74 Å². The summed E-state index contributed by atoms with van der Waals surface area (Å²) in [7, 11) is 0. The molecule has 0 aliphatic heterocycles. The van der Waals surface area contributed by atoms with Gasteiger partial charge in [0.05, 0.1) is 24.8 Å². The lowest BCUT2D eigenvalue weighted by atomic mass is 10.3. The molecule has 0 aliphatic carbocycles. The van der Waals surface area contributed by atoms with Gasteiger partial charge >= 0.3 is 0 Å². The zero-order valence-corrected chi connectivity index (χ0v) is 16.0. The van der Waals surface area contributed by atoms with E-state index in [0.29, 0.717) is 6.61 Å². The fourth-order valence-corrected chi connectivity index (χ4v) is 3.82. The highest BCUT2D eigenvalue weighted by Crippen LogP contribution is 2.34. The molecule has 0 fully saturated rings. The van der Waals surface area contributed by atoms with Crippen LogP contribution in [-0.2, 0) is 19.6 Å². The van der Waals surface area contributed by atoms with Gasteiger partial charge in [-0.15, -0.1) is 0 Å². The van der Waals surface area contributed by atoms with Gasteiger partial charge in [0.1, 0.15) is 12.4 Å². The van der Waals surface area contributed by atoms with Crippen LogP contribution in [0.3, 0.4) is 0 Å². The van der Waals surface area contributed by atoms with Gasteiger partial charge in [-0.3, -0.25) is 4.68 Å². The first-order valence-electron chi connectivity index (χ1n) is 6.39. The lowest BCUT2D eigenvalue weighted by Gasteiger charge is -2.11. The number of halogens is 3. The largest absolute Gasteiger partial charge is 0.485 e. The van der Waals surface area contributed by atoms with E-state index in [2.05, 4.69) is 66.7 Å². The molecule has 1 aromatic carbocycles. The van der Waals surface area contributed by atoms with Crippen LogP contribution in [0.25, 0.3) is 0 Å². The number of aromatic nitrogens is 2. The average Bonchev–Trinajstić information content (AvgIpc) is 2.74. The van der Waals surface area contributed by atoms with Gasteiger partial charge in [0.2, 0.25) is 0 Å². The predicted octanol–water partition coefficient (Wildman–Crippen LogP) is 5.33. The van der Waals surface area contributed by atoms with Crippen LogP contribution in [0.5, 0.6) is 5.75 Å². The van der Waals surface area contributed by atoms with Gasteiger partial charge in [0.25, 0.3) is 0 Å². The molecule has 0 saturated heterocycles. The molecule has 0 unspecified atom stereocenters. The number of nitrogens with zero attached hydrogens (tertiary/aromatic N) is 2. The average molecular weight is 467 g/mol. The van der Waals surface area contributed by atoms with E-state index in [0.717, 1.165) is 43.5 Å². The fraction of sp³-hybridized carbons (Fsp3) is 0.357. The van der Waals surface area contributed by atoms with Crippen LogP contribution in [0.4, 0.5) is 0 Å². The quantitative estimate of drug-likeness (QED) is 0.595. The molecule has 2 rings (SSSR count). The molecule has 0 N–H and O–H groups in total. The maximum absolute atomic E-state index is 5.95. The standard InChI is InChI=1S/C14H15Br3N2O/c1-3-11-13(17)12(19(4-2)18-11)8-20-14-9(15)6-5-7-10(14)16/h5-7H,3-4,8H2,1-2H3. The summed E-state index contributed by atoms with van der Waals surface area (Å²) in [5.41, 5.74) is 2.13. The molecule has 0 atom stereocenters. The molecule has 20 heavy (non-hydrogen) atoms. The van der Waals surface area contributed by atoms with Gasteiger partial charge in [0, 0.05) is 6.54 Å². The molecule has 0 spiro atoms. The molecule has 1 aromatic heterocycles. The van der Waals surface area contributed by atoms with E-state index in [-0.39, 0.29) is 0 Å². The van der Waals surface area contributed by atoms with Crippen molar-refractivity contribution in [2.75, 3.05) is 0 Å². The lowest BCUT2D eigenvalue weighted by Crippen LogP contribution is -2.07. The van der Waals surface area contributed by atoms with Crippen LogP contribution >= 0.6 is 47.8 Å². The maximum Gasteiger partial charge on any atom is 0.148 e. The third-order valence-corrected chi connectivity index (χ3v) is 5.13. The van der Waals surface area contributed by atoms with Gasteiger partial charge in [-0.05, 0) is 73.3 Å². The monoisotopic (exact) mass is 464 g/mol. The Morgan fingerprint density at radius 1 is 1.15 bits per heavy atom. The smallest absolute Gasteiger partial charge is 0.148 e. The Bertz CT molecular complexity index is 590. The third kappa shape index (κ3) is 3.28. The molecule has 0 saturated carbocycles. The van der Waals surface area contributed by atoms with E-state index >= 15 is 0 Å². The Labute approximate surface area is 144 Å². The SMILES string of the molecule is CCc1nn(CC)c(COc2c(Br)cccc2Br)c1Br. The summed E-state index contributed by atoms with van der Waals surface area (Å²) < 4.78 is 10.8. The number of benzene rings is 1. The molecule has 0 radical (unpaired) electrons. The van der Waals surface area contributed by atoms with Crippen molar-refractivity contribution in [3.63, 3.8) is 0 Å². The van der Waals surface area contributed by atoms with Crippen LogP contribution < -0.4 is 4.74 Å². The van der Waals surface area contributed by atoms with E-state index in [4.69, 9.17) is 4.74 Å². The summed E-state index contributed by atoms with van der Waals surface area (Å²) >= 11 is 10.6. The van der Waals surface area contributed by atoms with Crippen molar-refractivity contribution in [3.8, 4) is 5.75 Å². The number of ether oxygens (including phenoxy) is 1. The second-order valence-electron chi connectivity index (χ2n) is 4.22. The highest BCUT2D eigenvalue weighted by atomic mass is 79.9. The number of rotatable bonds is 5. The van der Waals surface area contributed by atoms with Crippen LogP contribution in [0.1, 0.15) is 25.2 Å². The first-order valence-corrected chi connectivity index (χ1v) is 8.77. The minimum absolute atomic E-state index is 0.475. The van der Waals surface area contributed by atoms with E-state index in [1.54, 1.807) is 0 Å². The summed E-state index contributed by atoms with van der Waals surface area (Å²) in [6, 6.07) is 5.88. The third-order valence-electron chi connectivity index (χ3n) is 2.97. The molecule has 0 amide bonds. The van der Waals surface area contributed by atoms with E-state index in [1.807, 2.05) is 22.9 Å². The van der Waals surface area contributed by atoms with Crippen LogP contribution in [0.2, 0.25) is 0 Å². The molecule has 3 nitrogen and oxygen atoms in total. The van der Waals surface area contributed by atoms with Gasteiger partial charge in [0.15, 0.2) is 0 Å². The van der Waals surface area contributed by atoms with E-state index < -0.39 is 0 Å². The van der Waals surface area contributed by atoms with E-state index in [9.17, 15) is 0 Å². The first kappa shape index (κ1) is 16.0. The second kappa shape index (κ2) is 7.09. The van der Waals surface area contributed by atoms with Gasteiger partial charge in [-0.2, -0.15) is 5.10 Å². The molecular weight excluding hydrogens is 452 g/mol. The second-order valence-corrected chi connectivity index (χ2v) is 6.72. The summed E-state index contributed by atoms with van der Waals surface area (Å²) in [5.74, 6) is 0.807.